The van der Waals surface area contributed by atoms with Crippen LogP contribution in [0.3, 0.4) is 0 Å². The summed E-state index contributed by atoms with van der Waals surface area (Å²) in [5.41, 5.74) is 8.14. The number of rotatable bonds is 5. The molecule has 0 bridgehead atoms. The molecule has 1 saturated heterocycles. The molecular formula is C19H23N3O2. The van der Waals surface area contributed by atoms with Crippen molar-refractivity contribution in [1.82, 2.24) is 4.90 Å². The number of amides is 1. The summed E-state index contributed by atoms with van der Waals surface area (Å²) in [6.45, 7) is 2.15. The highest BCUT2D eigenvalue weighted by molar-refractivity contribution is 6.00. The molecule has 126 valence electrons. The Morgan fingerprint density at radius 2 is 2.00 bits per heavy atom. The second-order valence-corrected chi connectivity index (χ2v) is 6.04. The molecule has 5 heteroatoms. The van der Waals surface area contributed by atoms with Gasteiger partial charge in [-0.25, -0.2) is 0 Å². The largest absolute Gasteiger partial charge is 0.497 e. The Morgan fingerprint density at radius 3 is 2.67 bits per heavy atom. The smallest absolute Gasteiger partial charge is 0.255 e. The zero-order valence-corrected chi connectivity index (χ0v) is 13.9. The number of anilines is 2. The maximum absolute atomic E-state index is 12.8. The zero-order valence-electron chi connectivity index (χ0n) is 13.9. The van der Waals surface area contributed by atoms with Crippen molar-refractivity contribution < 1.29 is 9.53 Å². The molecule has 1 aliphatic heterocycles. The van der Waals surface area contributed by atoms with Crippen molar-refractivity contribution in [3.05, 3.63) is 54.1 Å². The standard InChI is InChI=1S/C19H23N3O2/c1-24-16-8-6-15(7-9-16)21-18-5-3-2-4-17(18)19(23)22-11-10-14(12-20)13-22/h2-9,14,21H,10-13,20H2,1H3/t14-/m1/s1. The van der Waals surface area contributed by atoms with Crippen LogP contribution >= 0.6 is 0 Å². The van der Waals surface area contributed by atoms with Crippen LogP contribution < -0.4 is 15.8 Å². The number of nitrogens with two attached hydrogens (primary N) is 1. The van der Waals surface area contributed by atoms with Gasteiger partial charge in [-0.1, -0.05) is 12.1 Å². The third-order valence-electron chi connectivity index (χ3n) is 4.43. The van der Waals surface area contributed by atoms with Gasteiger partial charge in [-0.15, -0.1) is 0 Å². The van der Waals surface area contributed by atoms with Crippen molar-refractivity contribution in [3.63, 3.8) is 0 Å². The van der Waals surface area contributed by atoms with Gasteiger partial charge in [0.15, 0.2) is 0 Å². The minimum Gasteiger partial charge on any atom is -0.497 e. The average molecular weight is 325 g/mol. The van der Waals surface area contributed by atoms with Crippen LogP contribution in [0.25, 0.3) is 0 Å². The highest BCUT2D eigenvalue weighted by Crippen LogP contribution is 2.25. The molecule has 1 heterocycles. The number of methoxy groups -OCH3 is 1. The van der Waals surface area contributed by atoms with Crippen molar-refractivity contribution >= 4 is 17.3 Å². The van der Waals surface area contributed by atoms with Crippen LogP contribution in [0, 0.1) is 5.92 Å². The van der Waals surface area contributed by atoms with Crippen LogP contribution in [0.5, 0.6) is 5.75 Å². The Hall–Kier alpha value is -2.53. The van der Waals surface area contributed by atoms with Crippen LogP contribution in [-0.4, -0.2) is 37.6 Å². The summed E-state index contributed by atoms with van der Waals surface area (Å²) < 4.78 is 5.17. The molecule has 1 atom stereocenters. The van der Waals surface area contributed by atoms with Gasteiger partial charge in [0.25, 0.3) is 5.91 Å². The SMILES string of the molecule is COc1ccc(Nc2ccccc2C(=O)N2CC[C@H](CN)C2)cc1. The number of hydrogen-bond donors (Lipinski definition) is 2. The minimum absolute atomic E-state index is 0.0579. The number of nitrogens with one attached hydrogen (secondary N) is 1. The maximum Gasteiger partial charge on any atom is 0.255 e. The van der Waals surface area contributed by atoms with Gasteiger partial charge in [-0.3, -0.25) is 4.79 Å². The van der Waals surface area contributed by atoms with Gasteiger partial charge in [0.05, 0.1) is 18.4 Å². The minimum atomic E-state index is 0.0579. The van der Waals surface area contributed by atoms with Gasteiger partial charge >= 0.3 is 0 Å². The van der Waals surface area contributed by atoms with Gasteiger partial charge in [-0.2, -0.15) is 0 Å². The van der Waals surface area contributed by atoms with E-state index < -0.39 is 0 Å². The van der Waals surface area contributed by atoms with E-state index in [1.807, 2.05) is 53.4 Å². The highest BCUT2D eigenvalue weighted by Gasteiger charge is 2.27. The summed E-state index contributed by atoms with van der Waals surface area (Å²) in [7, 11) is 1.64. The van der Waals surface area contributed by atoms with Gasteiger partial charge in [0.1, 0.15) is 5.75 Å². The van der Waals surface area contributed by atoms with E-state index in [-0.39, 0.29) is 5.91 Å². The average Bonchev–Trinajstić information content (AvgIpc) is 3.11. The summed E-state index contributed by atoms with van der Waals surface area (Å²) in [6, 6.07) is 15.2. The third-order valence-corrected chi connectivity index (χ3v) is 4.43. The molecule has 0 aromatic heterocycles. The number of hydrogen-bond acceptors (Lipinski definition) is 4. The Bertz CT molecular complexity index is 700. The fraction of sp³-hybridized carbons (Fsp3) is 0.316. The summed E-state index contributed by atoms with van der Waals surface area (Å²) in [5, 5.41) is 3.33. The van der Waals surface area contributed by atoms with Crippen molar-refractivity contribution in [1.29, 1.82) is 0 Å². The molecule has 0 radical (unpaired) electrons. The Kier molecular flexibility index (Phi) is 5.01. The molecule has 3 rings (SSSR count). The number of carbonyl (C=O) groups is 1. The predicted molar refractivity (Wildman–Crippen MR) is 95.8 cm³/mol. The number of carbonyl (C=O) groups excluding carboxylic acids is 1. The van der Waals surface area contributed by atoms with E-state index >= 15 is 0 Å². The fourth-order valence-corrected chi connectivity index (χ4v) is 2.99. The lowest BCUT2D eigenvalue weighted by Gasteiger charge is -2.19. The molecule has 0 saturated carbocycles. The van der Waals surface area contributed by atoms with E-state index in [1.165, 1.54) is 0 Å². The topological polar surface area (TPSA) is 67.6 Å². The number of para-hydroxylation sites is 1. The van der Waals surface area contributed by atoms with Gasteiger partial charge in [0, 0.05) is 18.8 Å². The lowest BCUT2D eigenvalue weighted by Crippen LogP contribution is -2.30. The number of nitrogens with zero attached hydrogens (tertiary/aromatic N) is 1. The lowest BCUT2D eigenvalue weighted by atomic mass is 10.1. The van der Waals surface area contributed by atoms with Crippen LogP contribution in [0.4, 0.5) is 11.4 Å². The Balaban J connectivity index is 1.78. The molecule has 1 fully saturated rings. The fourth-order valence-electron chi connectivity index (χ4n) is 2.99. The molecule has 2 aromatic carbocycles. The molecule has 0 spiro atoms. The predicted octanol–water partition coefficient (Wildman–Crippen LogP) is 2.86. The van der Waals surface area contributed by atoms with Crippen LogP contribution in [-0.2, 0) is 0 Å². The van der Waals surface area contributed by atoms with E-state index in [4.69, 9.17) is 10.5 Å². The third kappa shape index (κ3) is 3.51. The van der Waals surface area contributed by atoms with Crippen LogP contribution in [0.15, 0.2) is 48.5 Å². The van der Waals surface area contributed by atoms with Crippen molar-refractivity contribution in [2.24, 2.45) is 11.7 Å². The summed E-state index contributed by atoms with van der Waals surface area (Å²) in [5.74, 6) is 1.27. The van der Waals surface area contributed by atoms with Crippen molar-refractivity contribution in [2.75, 3.05) is 32.1 Å². The number of ether oxygens (including phenoxy) is 1. The van der Waals surface area contributed by atoms with Gasteiger partial charge in [-0.05, 0) is 55.3 Å². The normalized spacial score (nSPS) is 16.9. The zero-order chi connectivity index (χ0) is 16.9. The highest BCUT2D eigenvalue weighted by atomic mass is 16.5. The first-order valence-electron chi connectivity index (χ1n) is 8.20. The second kappa shape index (κ2) is 7.36. The maximum atomic E-state index is 12.8. The van der Waals surface area contributed by atoms with E-state index in [2.05, 4.69) is 5.32 Å². The lowest BCUT2D eigenvalue weighted by molar-refractivity contribution is 0.0788. The molecular weight excluding hydrogens is 302 g/mol. The van der Waals surface area contributed by atoms with Crippen molar-refractivity contribution in [2.45, 2.75) is 6.42 Å². The molecule has 3 N–H and O–H groups in total. The van der Waals surface area contributed by atoms with E-state index in [1.54, 1.807) is 7.11 Å². The molecule has 2 aromatic rings. The van der Waals surface area contributed by atoms with Gasteiger partial charge < -0.3 is 20.7 Å². The Labute approximate surface area is 142 Å². The second-order valence-electron chi connectivity index (χ2n) is 6.04. The monoisotopic (exact) mass is 325 g/mol. The quantitative estimate of drug-likeness (QED) is 0.887. The molecule has 1 aliphatic rings. The van der Waals surface area contributed by atoms with Crippen LogP contribution in [0.2, 0.25) is 0 Å². The van der Waals surface area contributed by atoms with E-state index in [0.717, 1.165) is 36.6 Å². The van der Waals surface area contributed by atoms with Crippen molar-refractivity contribution in [3.8, 4) is 5.75 Å². The van der Waals surface area contributed by atoms with Crippen LogP contribution in [0.1, 0.15) is 16.8 Å². The number of likely N-dealkylation sites (tertiary alicyclic amines) is 1. The summed E-state index contributed by atoms with van der Waals surface area (Å²) in [4.78, 5) is 14.7. The molecule has 5 nitrogen and oxygen atoms in total. The summed E-state index contributed by atoms with van der Waals surface area (Å²) in [6.07, 6.45) is 0.982. The Morgan fingerprint density at radius 1 is 1.25 bits per heavy atom. The summed E-state index contributed by atoms with van der Waals surface area (Å²) >= 11 is 0. The first-order chi connectivity index (χ1) is 11.7. The first kappa shape index (κ1) is 16.3. The van der Waals surface area contributed by atoms with E-state index in [9.17, 15) is 4.79 Å². The molecule has 0 unspecified atom stereocenters. The van der Waals surface area contributed by atoms with E-state index in [0.29, 0.717) is 18.0 Å². The first-order valence-corrected chi connectivity index (χ1v) is 8.20. The number of benzene rings is 2. The molecule has 24 heavy (non-hydrogen) atoms. The molecule has 1 amide bonds. The molecule has 0 aliphatic carbocycles. The van der Waals surface area contributed by atoms with Gasteiger partial charge in [0.2, 0.25) is 0 Å².